The molecule has 0 aliphatic carbocycles. The number of amides is 1. The van der Waals surface area contributed by atoms with Crippen molar-refractivity contribution in [2.75, 3.05) is 0 Å². The van der Waals surface area contributed by atoms with Gasteiger partial charge in [0.25, 0.3) is 5.91 Å². The molecular weight excluding hydrogens is 231 g/mol. The summed E-state index contributed by atoms with van der Waals surface area (Å²) >= 11 is 5.64. The van der Waals surface area contributed by atoms with Gasteiger partial charge in [0.15, 0.2) is 0 Å². The van der Waals surface area contributed by atoms with E-state index in [0.717, 1.165) is 0 Å². The standard InChI is InChI=1S/C11H10ClFN2O/c1-2-7(6-14)15-11(16)8-4-3-5-9(13)10(8)12/h3-5,7H,2H2,1H3,(H,15,16). The highest BCUT2D eigenvalue weighted by Crippen LogP contribution is 2.19. The van der Waals surface area contributed by atoms with Crippen LogP contribution in [0.2, 0.25) is 5.02 Å². The van der Waals surface area contributed by atoms with Crippen molar-refractivity contribution in [3.8, 4) is 6.07 Å². The Morgan fingerprint density at radius 3 is 2.94 bits per heavy atom. The Balaban J connectivity index is 2.90. The van der Waals surface area contributed by atoms with Crippen LogP contribution in [-0.2, 0) is 0 Å². The molecule has 0 aromatic heterocycles. The first-order valence-corrected chi connectivity index (χ1v) is 5.12. The summed E-state index contributed by atoms with van der Waals surface area (Å²) in [5, 5.41) is 10.9. The number of nitrogens with zero attached hydrogens (tertiary/aromatic N) is 1. The summed E-state index contributed by atoms with van der Waals surface area (Å²) < 4.78 is 13.1. The highest BCUT2D eigenvalue weighted by molar-refractivity contribution is 6.34. The van der Waals surface area contributed by atoms with Gasteiger partial charge in [0.2, 0.25) is 0 Å². The fraction of sp³-hybridized carbons (Fsp3) is 0.273. The summed E-state index contributed by atoms with van der Waals surface area (Å²) in [5.41, 5.74) is 0.0374. The smallest absolute Gasteiger partial charge is 0.253 e. The number of nitriles is 1. The summed E-state index contributed by atoms with van der Waals surface area (Å²) in [6.45, 7) is 1.77. The molecule has 0 aliphatic heterocycles. The number of nitrogens with one attached hydrogen (secondary N) is 1. The maximum atomic E-state index is 13.1. The molecule has 3 nitrogen and oxygen atoms in total. The molecule has 0 radical (unpaired) electrons. The van der Waals surface area contributed by atoms with E-state index in [2.05, 4.69) is 5.32 Å². The number of hydrogen-bond acceptors (Lipinski definition) is 2. The first-order chi connectivity index (χ1) is 7.60. The van der Waals surface area contributed by atoms with Crippen LogP contribution < -0.4 is 5.32 Å². The van der Waals surface area contributed by atoms with Gasteiger partial charge in [-0.15, -0.1) is 0 Å². The molecule has 16 heavy (non-hydrogen) atoms. The number of hydrogen-bond donors (Lipinski definition) is 1. The van der Waals surface area contributed by atoms with Crippen molar-refractivity contribution in [3.63, 3.8) is 0 Å². The lowest BCUT2D eigenvalue weighted by atomic mass is 10.1. The van der Waals surface area contributed by atoms with Gasteiger partial charge in [0.1, 0.15) is 11.9 Å². The molecular formula is C11H10ClFN2O. The Morgan fingerprint density at radius 2 is 2.38 bits per heavy atom. The lowest BCUT2D eigenvalue weighted by molar-refractivity contribution is 0.0944. The summed E-state index contributed by atoms with van der Waals surface area (Å²) in [4.78, 5) is 11.6. The first-order valence-electron chi connectivity index (χ1n) is 4.74. The fourth-order valence-electron chi connectivity index (χ4n) is 1.14. The Bertz CT molecular complexity index is 442. The summed E-state index contributed by atoms with van der Waals surface area (Å²) in [7, 11) is 0. The van der Waals surface area contributed by atoms with Gasteiger partial charge >= 0.3 is 0 Å². The van der Waals surface area contributed by atoms with Gasteiger partial charge in [-0.1, -0.05) is 24.6 Å². The third-order valence-electron chi connectivity index (χ3n) is 2.07. The van der Waals surface area contributed by atoms with Crippen molar-refractivity contribution in [1.29, 1.82) is 5.26 Å². The topological polar surface area (TPSA) is 52.9 Å². The third-order valence-corrected chi connectivity index (χ3v) is 2.45. The molecule has 1 aromatic rings. The van der Waals surface area contributed by atoms with E-state index in [1.807, 2.05) is 6.07 Å². The van der Waals surface area contributed by atoms with Gasteiger partial charge in [-0.3, -0.25) is 4.79 Å². The Kier molecular flexibility index (Phi) is 4.27. The highest BCUT2D eigenvalue weighted by atomic mass is 35.5. The highest BCUT2D eigenvalue weighted by Gasteiger charge is 2.16. The van der Waals surface area contributed by atoms with Crippen LogP contribution in [-0.4, -0.2) is 11.9 Å². The maximum Gasteiger partial charge on any atom is 0.253 e. The van der Waals surface area contributed by atoms with Crippen molar-refractivity contribution in [1.82, 2.24) is 5.32 Å². The van der Waals surface area contributed by atoms with Gasteiger partial charge in [0, 0.05) is 0 Å². The van der Waals surface area contributed by atoms with E-state index < -0.39 is 17.8 Å². The van der Waals surface area contributed by atoms with Crippen LogP contribution in [0.4, 0.5) is 4.39 Å². The van der Waals surface area contributed by atoms with Crippen molar-refractivity contribution >= 4 is 17.5 Å². The van der Waals surface area contributed by atoms with E-state index in [4.69, 9.17) is 16.9 Å². The van der Waals surface area contributed by atoms with E-state index >= 15 is 0 Å². The molecule has 1 aromatic carbocycles. The molecule has 84 valence electrons. The largest absolute Gasteiger partial charge is 0.336 e. The minimum Gasteiger partial charge on any atom is -0.336 e. The van der Waals surface area contributed by atoms with E-state index in [1.54, 1.807) is 6.92 Å². The second-order valence-corrected chi connectivity index (χ2v) is 3.54. The molecule has 1 N–H and O–H groups in total. The third kappa shape index (κ3) is 2.71. The van der Waals surface area contributed by atoms with E-state index in [-0.39, 0.29) is 10.6 Å². The minimum absolute atomic E-state index is 0.0374. The molecule has 0 aliphatic rings. The number of halogens is 2. The van der Waals surface area contributed by atoms with Crippen LogP contribution in [0.5, 0.6) is 0 Å². The number of carbonyl (C=O) groups is 1. The number of carbonyl (C=O) groups excluding carboxylic acids is 1. The van der Waals surface area contributed by atoms with E-state index in [0.29, 0.717) is 6.42 Å². The molecule has 1 unspecified atom stereocenters. The zero-order valence-corrected chi connectivity index (χ0v) is 9.38. The molecule has 0 saturated heterocycles. The van der Waals surface area contributed by atoms with Crippen LogP contribution in [0.1, 0.15) is 23.7 Å². The summed E-state index contributed by atoms with van der Waals surface area (Å²) in [6, 6.07) is 5.29. The Morgan fingerprint density at radius 1 is 1.69 bits per heavy atom. The molecule has 0 fully saturated rings. The molecule has 0 heterocycles. The minimum atomic E-state index is -0.653. The average Bonchev–Trinajstić information content (AvgIpc) is 2.29. The predicted octanol–water partition coefficient (Wildman–Crippen LogP) is 2.51. The molecule has 0 saturated carbocycles. The molecule has 0 spiro atoms. The molecule has 1 rings (SSSR count). The Hall–Kier alpha value is -1.60. The van der Waals surface area contributed by atoms with Crippen molar-refractivity contribution < 1.29 is 9.18 Å². The molecule has 0 bridgehead atoms. The molecule has 1 atom stereocenters. The van der Waals surface area contributed by atoms with Gasteiger partial charge in [-0.25, -0.2) is 4.39 Å². The van der Waals surface area contributed by atoms with Crippen LogP contribution in [0, 0.1) is 17.1 Å². The van der Waals surface area contributed by atoms with Gasteiger partial charge in [0.05, 0.1) is 16.7 Å². The van der Waals surface area contributed by atoms with Crippen LogP contribution in [0.15, 0.2) is 18.2 Å². The second-order valence-electron chi connectivity index (χ2n) is 3.16. The fourth-order valence-corrected chi connectivity index (χ4v) is 1.35. The van der Waals surface area contributed by atoms with E-state index in [9.17, 15) is 9.18 Å². The van der Waals surface area contributed by atoms with Crippen LogP contribution in [0.3, 0.4) is 0 Å². The van der Waals surface area contributed by atoms with Crippen molar-refractivity contribution in [2.45, 2.75) is 19.4 Å². The SMILES string of the molecule is CCC(C#N)NC(=O)c1cccc(F)c1Cl. The van der Waals surface area contributed by atoms with Gasteiger partial charge in [-0.05, 0) is 18.6 Å². The summed E-state index contributed by atoms with van der Waals surface area (Å²) in [6.07, 6.45) is 0.481. The summed E-state index contributed by atoms with van der Waals surface area (Å²) in [5.74, 6) is -1.20. The molecule has 5 heteroatoms. The zero-order chi connectivity index (χ0) is 12.1. The number of rotatable bonds is 3. The normalized spacial score (nSPS) is 11.6. The van der Waals surface area contributed by atoms with Gasteiger partial charge in [-0.2, -0.15) is 5.26 Å². The van der Waals surface area contributed by atoms with Crippen molar-refractivity contribution in [3.05, 3.63) is 34.6 Å². The van der Waals surface area contributed by atoms with Crippen LogP contribution >= 0.6 is 11.6 Å². The monoisotopic (exact) mass is 240 g/mol. The van der Waals surface area contributed by atoms with E-state index in [1.165, 1.54) is 18.2 Å². The predicted molar refractivity (Wildman–Crippen MR) is 58.6 cm³/mol. The zero-order valence-electron chi connectivity index (χ0n) is 8.63. The lowest BCUT2D eigenvalue weighted by Gasteiger charge is -2.10. The van der Waals surface area contributed by atoms with Crippen LogP contribution in [0.25, 0.3) is 0 Å². The van der Waals surface area contributed by atoms with Crippen molar-refractivity contribution in [2.24, 2.45) is 0 Å². The van der Waals surface area contributed by atoms with Gasteiger partial charge < -0.3 is 5.32 Å². The maximum absolute atomic E-state index is 13.1. The quantitative estimate of drug-likeness (QED) is 0.883. The number of benzene rings is 1. The first kappa shape index (κ1) is 12.5. The lowest BCUT2D eigenvalue weighted by Crippen LogP contribution is -2.33. The second kappa shape index (κ2) is 5.47. The average molecular weight is 241 g/mol. The molecule has 1 amide bonds. The Labute approximate surface area is 97.8 Å².